The van der Waals surface area contributed by atoms with E-state index in [0.29, 0.717) is 0 Å². The summed E-state index contributed by atoms with van der Waals surface area (Å²) < 4.78 is 0. The summed E-state index contributed by atoms with van der Waals surface area (Å²) in [5.41, 5.74) is 0. The summed E-state index contributed by atoms with van der Waals surface area (Å²) in [7, 11) is 0. The predicted octanol–water partition coefficient (Wildman–Crippen LogP) is 16.4. The maximum Gasteiger partial charge on any atom is -0.0351 e. The average Bonchev–Trinajstić information content (AvgIpc) is 3.00. The Morgan fingerprint density at radius 2 is 0.333 bits per heavy atom. The summed E-state index contributed by atoms with van der Waals surface area (Å²) in [6.07, 6.45) is 60.4. The van der Waals surface area contributed by atoms with Gasteiger partial charge in [0, 0.05) is 0 Å². The molecule has 0 nitrogen and oxygen atoms in total. The van der Waals surface area contributed by atoms with Crippen LogP contribution in [0, 0.1) is 0 Å². The lowest BCUT2D eigenvalue weighted by Gasteiger charge is -2.04. The Morgan fingerprint density at radius 3 is 0.500 bits per heavy atom. The number of hydrogen-bond donors (Lipinski definition) is 0. The van der Waals surface area contributed by atoms with Crippen molar-refractivity contribution in [2.75, 3.05) is 0 Å². The highest BCUT2D eigenvalue weighted by Crippen LogP contribution is 2.16. The molecular formula is C42H84. The molecule has 0 aliphatic rings. The Morgan fingerprint density at radius 1 is 0.190 bits per heavy atom. The molecule has 0 radical (unpaired) electrons. The molecule has 0 unspecified atom stereocenters. The lowest BCUT2D eigenvalue weighted by molar-refractivity contribution is 0.525. The van der Waals surface area contributed by atoms with Gasteiger partial charge in [-0.05, 0) is 25.7 Å². The Labute approximate surface area is 269 Å². The van der Waals surface area contributed by atoms with Crippen molar-refractivity contribution >= 4 is 0 Å². The van der Waals surface area contributed by atoms with Crippen LogP contribution in [0.15, 0.2) is 12.2 Å². The van der Waals surface area contributed by atoms with Crippen molar-refractivity contribution in [2.24, 2.45) is 0 Å². The predicted molar refractivity (Wildman–Crippen MR) is 196 cm³/mol. The minimum absolute atomic E-state index is 1.32. The van der Waals surface area contributed by atoms with E-state index in [1.165, 1.54) is 244 Å². The first kappa shape index (κ1) is 41.7. The van der Waals surface area contributed by atoms with Gasteiger partial charge < -0.3 is 0 Å². The van der Waals surface area contributed by atoms with Crippen LogP contribution in [0.2, 0.25) is 0 Å². The lowest BCUT2D eigenvalue weighted by atomic mass is 10.0. The van der Waals surface area contributed by atoms with Gasteiger partial charge in [-0.3, -0.25) is 0 Å². The van der Waals surface area contributed by atoms with Crippen molar-refractivity contribution in [1.29, 1.82) is 0 Å². The number of hydrogen-bond acceptors (Lipinski definition) is 0. The van der Waals surface area contributed by atoms with E-state index in [9.17, 15) is 0 Å². The summed E-state index contributed by atoms with van der Waals surface area (Å²) in [6, 6.07) is 0. The van der Waals surface area contributed by atoms with Crippen molar-refractivity contribution in [3.63, 3.8) is 0 Å². The van der Waals surface area contributed by atoms with Gasteiger partial charge in [-0.25, -0.2) is 0 Å². The third-order valence-electron chi connectivity index (χ3n) is 9.62. The van der Waals surface area contributed by atoms with E-state index in [-0.39, 0.29) is 0 Å². The summed E-state index contributed by atoms with van der Waals surface area (Å²) in [5.74, 6) is 0. The zero-order chi connectivity index (χ0) is 30.3. The molecule has 0 amide bonds. The summed E-state index contributed by atoms with van der Waals surface area (Å²) in [4.78, 5) is 0. The Bertz CT molecular complexity index is 421. The smallest absolute Gasteiger partial charge is 0.0351 e. The van der Waals surface area contributed by atoms with Gasteiger partial charge in [-0.1, -0.05) is 244 Å². The molecule has 0 aromatic heterocycles. The molecule has 0 aromatic rings. The average molecular weight is 589 g/mol. The fraction of sp³-hybridized carbons (Fsp3) is 0.952. The van der Waals surface area contributed by atoms with Crippen LogP contribution < -0.4 is 0 Å². The van der Waals surface area contributed by atoms with Crippen LogP contribution in [0.3, 0.4) is 0 Å². The van der Waals surface area contributed by atoms with Crippen LogP contribution in [0.5, 0.6) is 0 Å². The van der Waals surface area contributed by atoms with E-state index < -0.39 is 0 Å². The number of allylic oxidation sites excluding steroid dienone is 2. The number of unbranched alkanes of at least 4 members (excludes halogenated alkanes) is 36. The minimum atomic E-state index is 1.32. The molecule has 0 heterocycles. The van der Waals surface area contributed by atoms with Crippen LogP contribution in [0.4, 0.5) is 0 Å². The van der Waals surface area contributed by atoms with Gasteiger partial charge >= 0.3 is 0 Å². The lowest BCUT2D eigenvalue weighted by Crippen LogP contribution is -1.84. The van der Waals surface area contributed by atoms with E-state index in [0.717, 1.165) is 0 Å². The van der Waals surface area contributed by atoms with Crippen molar-refractivity contribution in [3.05, 3.63) is 12.2 Å². The maximum atomic E-state index is 2.47. The Hall–Kier alpha value is -0.260. The molecule has 0 aromatic carbocycles. The second-order valence-electron chi connectivity index (χ2n) is 14.1. The molecule has 0 saturated heterocycles. The van der Waals surface area contributed by atoms with E-state index in [2.05, 4.69) is 26.0 Å². The molecule has 0 bridgehead atoms. The second kappa shape index (κ2) is 40.7. The molecule has 0 aliphatic carbocycles. The Balaban J connectivity index is 3.08. The fourth-order valence-corrected chi connectivity index (χ4v) is 6.56. The normalized spacial score (nSPS) is 11.8. The van der Waals surface area contributed by atoms with Gasteiger partial charge in [0.25, 0.3) is 0 Å². The van der Waals surface area contributed by atoms with Gasteiger partial charge in [-0.2, -0.15) is 0 Å². The molecule has 0 N–H and O–H groups in total. The molecule has 0 rings (SSSR count). The first-order chi connectivity index (χ1) is 20.9. The van der Waals surface area contributed by atoms with Crippen LogP contribution in [-0.2, 0) is 0 Å². The SMILES string of the molecule is CCCCCCCCCCCCCCCCCCCC/C=C\CCCCCCCCCCCCCCCCCCCC. The minimum Gasteiger partial charge on any atom is -0.0885 e. The van der Waals surface area contributed by atoms with Gasteiger partial charge in [0.1, 0.15) is 0 Å². The van der Waals surface area contributed by atoms with E-state index in [1.54, 1.807) is 0 Å². The monoisotopic (exact) mass is 589 g/mol. The first-order valence-electron chi connectivity index (χ1n) is 20.6. The van der Waals surface area contributed by atoms with Crippen molar-refractivity contribution in [3.8, 4) is 0 Å². The van der Waals surface area contributed by atoms with Crippen molar-refractivity contribution in [2.45, 2.75) is 258 Å². The highest BCUT2D eigenvalue weighted by molar-refractivity contribution is 4.81. The Kier molecular flexibility index (Phi) is 40.5. The van der Waals surface area contributed by atoms with Crippen molar-refractivity contribution < 1.29 is 0 Å². The molecular weight excluding hydrogens is 504 g/mol. The zero-order valence-corrected chi connectivity index (χ0v) is 30.0. The third-order valence-corrected chi connectivity index (χ3v) is 9.62. The first-order valence-corrected chi connectivity index (χ1v) is 20.6. The second-order valence-corrected chi connectivity index (χ2v) is 14.1. The van der Waals surface area contributed by atoms with Gasteiger partial charge in [0.2, 0.25) is 0 Å². The van der Waals surface area contributed by atoms with E-state index in [1.807, 2.05) is 0 Å². The number of rotatable bonds is 38. The third kappa shape index (κ3) is 39.7. The summed E-state index contributed by atoms with van der Waals surface area (Å²) in [6.45, 7) is 4.62. The zero-order valence-electron chi connectivity index (χ0n) is 30.0. The highest BCUT2D eigenvalue weighted by Gasteiger charge is 1.96. The fourth-order valence-electron chi connectivity index (χ4n) is 6.56. The molecule has 0 fully saturated rings. The van der Waals surface area contributed by atoms with Gasteiger partial charge in [0.05, 0.1) is 0 Å². The van der Waals surface area contributed by atoms with Crippen LogP contribution in [0.25, 0.3) is 0 Å². The molecule has 0 aliphatic heterocycles. The quantitative estimate of drug-likeness (QED) is 0.0497. The van der Waals surface area contributed by atoms with Gasteiger partial charge in [0.15, 0.2) is 0 Å². The van der Waals surface area contributed by atoms with Crippen LogP contribution >= 0.6 is 0 Å². The standard InChI is InChI=1S/C42H84/c1-3-5-7-9-11-13-15-17-19-21-23-25-27-29-31-33-35-37-39-41-42-40-38-36-34-32-30-28-26-24-22-20-18-16-14-12-10-8-6-4-2/h41-42H,3-40H2,1-2H3/b42-41-. The van der Waals surface area contributed by atoms with E-state index in [4.69, 9.17) is 0 Å². The molecule has 0 saturated carbocycles. The molecule has 252 valence electrons. The van der Waals surface area contributed by atoms with Crippen LogP contribution in [0.1, 0.15) is 258 Å². The molecule has 42 heavy (non-hydrogen) atoms. The molecule has 0 heteroatoms. The van der Waals surface area contributed by atoms with Gasteiger partial charge in [-0.15, -0.1) is 0 Å². The highest BCUT2D eigenvalue weighted by atomic mass is 14.0. The topological polar surface area (TPSA) is 0 Å². The summed E-state index contributed by atoms with van der Waals surface area (Å²) >= 11 is 0. The van der Waals surface area contributed by atoms with Crippen molar-refractivity contribution in [1.82, 2.24) is 0 Å². The molecule has 0 atom stereocenters. The maximum absolute atomic E-state index is 2.47. The van der Waals surface area contributed by atoms with E-state index >= 15 is 0 Å². The largest absolute Gasteiger partial charge is 0.0885 e. The molecule has 0 spiro atoms. The van der Waals surface area contributed by atoms with Crippen LogP contribution in [-0.4, -0.2) is 0 Å². The summed E-state index contributed by atoms with van der Waals surface area (Å²) in [5, 5.41) is 0.